The van der Waals surface area contributed by atoms with Crippen molar-refractivity contribution >= 4 is 41.1 Å². The molecule has 0 aliphatic carbocycles. The fraction of sp³-hybridized carbons (Fsp3) is 0.278. The molecule has 23 heavy (non-hydrogen) atoms. The summed E-state index contributed by atoms with van der Waals surface area (Å²) in [5.41, 5.74) is 3.81. The number of rotatable bonds is 4. The quantitative estimate of drug-likeness (QED) is 0.584. The predicted octanol–water partition coefficient (Wildman–Crippen LogP) is 0.589. The van der Waals surface area contributed by atoms with Crippen molar-refractivity contribution in [1.29, 1.82) is 0 Å². The zero-order valence-corrected chi connectivity index (χ0v) is 16.4. The maximum Gasteiger partial charge on any atom is 0.218 e. The van der Waals surface area contributed by atoms with Gasteiger partial charge in [-0.2, -0.15) is 17.2 Å². The van der Waals surface area contributed by atoms with Gasteiger partial charge in [-0.15, -0.1) is 11.8 Å². The number of pyridine rings is 1. The summed E-state index contributed by atoms with van der Waals surface area (Å²) in [5.74, 6) is 2.00. The largest absolute Gasteiger partial charge is 1.00 e. The summed E-state index contributed by atoms with van der Waals surface area (Å²) < 4.78 is 2.33. The zero-order valence-electron chi connectivity index (χ0n) is 13.2. The number of nitrogens with zero attached hydrogens (tertiary/aromatic N) is 2. The molecule has 1 aliphatic heterocycles. The first-order valence-electron chi connectivity index (χ1n) is 7.53. The SMILES string of the molecule is CN(CCS)c1ccc(/C=C2\SCC[n+]3ccccc32)cc1.[Br-]. The fourth-order valence-electron chi connectivity index (χ4n) is 2.59. The molecule has 0 saturated heterocycles. The number of thiol groups is 1. The molecule has 1 aromatic carbocycles. The minimum absolute atomic E-state index is 0. The van der Waals surface area contributed by atoms with Gasteiger partial charge >= 0.3 is 0 Å². The van der Waals surface area contributed by atoms with Crippen LogP contribution < -0.4 is 26.4 Å². The molecule has 1 aromatic heterocycles. The molecule has 0 spiro atoms. The van der Waals surface area contributed by atoms with Crippen LogP contribution in [0.1, 0.15) is 11.3 Å². The van der Waals surface area contributed by atoms with Crippen LogP contribution in [0, 0.1) is 0 Å². The highest BCUT2D eigenvalue weighted by atomic mass is 79.9. The molecule has 2 heterocycles. The van der Waals surface area contributed by atoms with E-state index in [1.54, 1.807) is 0 Å². The highest BCUT2D eigenvalue weighted by Crippen LogP contribution is 2.30. The number of hydrogen-bond acceptors (Lipinski definition) is 3. The summed E-state index contributed by atoms with van der Waals surface area (Å²) in [5, 5.41) is 0. The number of hydrogen-bond donors (Lipinski definition) is 1. The van der Waals surface area contributed by atoms with E-state index in [4.69, 9.17) is 0 Å². The van der Waals surface area contributed by atoms with Crippen molar-refractivity contribution < 1.29 is 21.5 Å². The maximum atomic E-state index is 4.29. The van der Waals surface area contributed by atoms with Crippen LogP contribution in [0.4, 0.5) is 5.69 Å². The molecule has 5 heteroatoms. The average molecular weight is 409 g/mol. The van der Waals surface area contributed by atoms with Gasteiger partial charge in [0, 0.05) is 37.2 Å². The monoisotopic (exact) mass is 408 g/mol. The first-order chi connectivity index (χ1) is 10.8. The molecule has 3 rings (SSSR count). The molecule has 0 saturated carbocycles. The third kappa shape index (κ3) is 4.55. The normalized spacial score (nSPS) is 15.0. The molecule has 0 bridgehead atoms. The van der Waals surface area contributed by atoms with Crippen molar-refractivity contribution in [3.8, 4) is 0 Å². The molecule has 0 amide bonds. The maximum absolute atomic E-state index is 4.29. The van der Waals surface area contributed by atoms with Gasteiger partial charge in [0.05, 0.1) is 10.7 Å². The van der Waals surface area contributed by atoms with E-state index < -0.39 is 0 Å². The lowest BCUT2D eigenvalue weighted by Gasteiger charge is -2.18. The first-order valence-corrected chi connectivity index (χ1v) is 9.15. The van der Waals surface area contributed by atoms with Gasteiger partial charge < -0.3 is 21.9 Å². The number of thioether (sulfide) groups is 1. The Bertz CT molecular complexity index is 671. The Morgan fingerprint density at radius 1 is 1.22 bits per heavy atom. The molecule has 0 radical (unpaired) electrons. The highest BCUT2D eigenvalue weighted by Gasteiger charge is 2.20. The lowest BCUT2D eigenvalue weighted by Crippen LogP contribution is -3.00. The van der Waals surface area contributed by atoms with Crippen molar-refractivity contribution in [3.05, 3.63) is 59.9 Å². The Balaban J connectivity index is 0.00000192. The fourth-order valence-corrected chi connectivity index (χ4v) is 3.95. The third-order valence-corrected chi connectivity index (χ3v) is 5.07. The number of benzene rings is 1. The van der Waals surface area contributed by atoms with E-state index in [1.807, 2.05) is 11.8 Å². The van der Waals surface area contributed by atoms with E-state index in [0.717, 1.165) is 24.6 Å². The van der Waals surface area contributed by atoms with Crippen molar-refractivity contribution in [2.75, 3.05) is 30.0 Å². The van der Waals surface area contributed by atoms with E-state index in [2.05, 4.69) is 83.9 Å². The highest BCUT2D eigenvalue weighted by molar-refractivity contribution is 8.08. The van der Waals surface area contributed by atoms with Gasteiger partial charge in [0.25, 0.3) is 0 Å². The Morgan fingerprint density at radius 3 is 2.74 bits per heavy atom. The van der Waals surface area contributed by atoms with E-state index in [0.29, 0.717) is 0 Å². The van der Waals surface area contributed by atoms with Crippen LogP contribution in [0.3, 0.4) is 0 Å². The summed E-state index contributed by atoms with van der Waals surface area (Å²) in [6.07, 6.45) is 4.45. The van der Waals surface area contributed by atoms with Crippen molar-refractivity contribution in [2.45, 2.75) is 6.54 Å². The zero-order chi connectivity index (χ0) is 15.4. The molecule has 122 valence electrons. The van der Waals surface area contributed by atoms with Gasteiger partial charge in [-0.1, -0.05) is 12.1 Å². The van der Waals surface area contributed by atoms with Crippen molar-refractivity contribution in [1.82, 2.24) is 0 Å². The van der Waals surface area contributed by atoms with E-state index in [-0.39, 0.29) is 17.0 Å². The molecule has 0 atom stereocenters. The van der Waals surface area contributed by atoms with Crippen LogP contribution in [0.5, 0.6) is 0 Å². The van der Waals surface area contributed by atoms with Crippen LogP contribution in [-0.2, 0) is 6.54 Å². The summed E-state index contributed by atoms with van der Waals surface area (Å²) in [4.78, 5) is 3.58. The Labute approximate surface area is 158 Å². The van der Waals surface area contributed by atoms with E-state index in [9.17, 15) is 0 Å². The number of aryl methyl sites for hydroxylation is 1. The molecule has 2 nitrogen and oxygen atoms in total. The lowest BCUT2D eigenvalue weighted by molar-refractivity contribution is -0.695. The summed E-state index contributed by atoms with van der Waals surface area (Å²) in [7, 11) is 2.10. The summed E-state index contributed by atoms with van der Waals surface area (Å²) >= 11 is 6.23. The lowest BCUT2D eigenvalue weighted by atomic mass is 10.1. The van der Waals surface area contributed by atoms with Gasteiger partial charge in [0.15, 0.2) is 12.7 Å². The molecule has 0 fully saturated rings. The van der Waals surface area contributed by atoms with Crippen LogP contribution >= 0.6 is 24.4 Å². The van der Waals surface area contributed by atoms with Crippen LogP contribution in [0.15, 0.2) is 48.7 Å². The van der Waals surface area contributed by atoms with E-state index >= 15 is 0 Å². The van der Waals surface area contributed by atoms with Gasteiger partial charge in [0.1, 0.15) is 0 Å². The number of fused-ring (bicyclic) bond motifs is 1. The van der Waals surface area contributed by atoms with Gasteiger partial charge in [-0.05, 0) is 29.8 Å². The standard InChI is InChI=1S/C18H20N2S2.BrH/c1-19(10-12-21)16-7-5-15(6-8-16)14-18-17-4-2-3-9-20(17)11-13-22-18;/h2-9,14H,10-13H2,1H3;1H. The van der Waals surface area contributed by atoms with Crippen LogP contribution in [-0.4, -0.2) is 25.1 Å². The number of anilines is 1. The second-order valence-corrected chi connectivity index (χ2v) is 6.96. The van der Waals surface area contributed by atoms with Crippen LogP contribution in [0.2, 0.25) is 0 Å². The number of aromatic nitrogens is 1. The molecular weight excluding hydrogens is 388 g/mol. The minimum atomic E-state index is 0. The Kier molecular flexibility index (Phi) is 7.06. The molecule has 0 unspecified atom stereocenters. The Hall–Kier alpha value is -0.910. The van der Waals surface area contributed by atoms with Gasteiger partial charge in [-0.25, -0.2) is 0 Å². The second-order valence-electron chi connectivity index (χ2n) is 5.37. The van der Waals surface area contributed by atoms with Gasteiger partial charge in [0.2, 0.25) is 5.69 Å². The average Bonchev–Trinajstić information content (AvgIpc) is 2.56. The minimum Gasteiger partial charge on any atom is -1.00 e. The van der Waals surface area contributed by atoms with Crippen LogP contribution in [0.25, 0.3) is 11.0 Å². The molecular formula is C18H21BrN2S2. The predicted molar refractivity (Wildman–Crippen MR) is 101 cm³/mol. The third-order valence-electron chi connectivity index (χ3n) is 3.85. The topological polar surface area (TPSA) is 7.12 Å². The Morgan fingerprint density at radius 2 is 2.00 bits per heavy atom. The smallest absolute Gasteiger partial charge is 0.218 e. The van der Waals surface area contributed by atoms with Crippen molar-refractivity contribution in [2.24, 2.45) is 0 Å². The number of halogens is 1. The molecule has 0 N–H and O–H groups in total. The molecule has 2 aromatic rings. The molecule has 1 aliphatic rings. The first kappa shape index (κ1) is 18.4. The summed E-state index contributed by atoms with van der Waals surface area (Å²) in [6.45, 7) is 2.05. The van der Waals surface area contributed by atoms with Crippen molar-refractivity contribution in [3.63, 3.8) is 0 Å². The summed E-state index contributed by atoms with van der Waals surface area (Å²) in [6, 6.07) is 15.2. The second kappa shape index (κ2) is 8.81. The van der Waals surface area contributed by atoms with Gasteiger partial charge in [-0.3, -0.25) is 0 Å². The van der Waals surface area contributed by atoms with E-state index in [1.165, 1.54) is 21.8 Å².